The molecule has 4 aromatic rings. The van der Waals surface area contributed by atoms with Crippen LogP contribution in [0.3, 0.4) is 0 Å². The number of halogens is 1. The minimum atomic E-state index is -0.673. The van der Waals surface area contributed by atoms with Gasteiger partial charge in [0.2, 0.25) is 5.88 Å². The molecular formula is C22H23IN4O5. The SMILES string of the molecule is CC[C@@H](OCc1nc2ccc(I)cc2[nH]1)n1c(O)c(-c2ccc(OCCO)cc2)[nH]c1=O. The molecule has 0 radical (unpaired) electrons. The fourth-order valence-electron chi connectivity index (χ4n) is 3.44. The van der Waals surface area contributed by atoms with E-state index in [1.807, 2.05) is 25.1 Å². The maximum absolute atomic E-state index is 12.6. The third-order valence-corrected chi connectivity index (χ3v) is 5.62. The van der Waals surface area contributed by atoms with Gasteiger partial charge in [-0.05, 0) is 71.5 Å². The van der Waals surface area contributed by atoms with E-state index < -0.39 is 11.9 Å². The smallest absolute Gasteiger partial charge is 0.331 e. The lowest BCUT2D eigenvalue weighted by Gasteiger charge is -2.17. The van der Waals surface area contributed by atoms with E-state index >= 15 is 0 Å². The van der Waals surface area contributed by atoms with Crippen LogP contribution in [0, 0.1) is 3.57 Å². The van der Waals surface area contributed by atoms with E-state index in [9.17, 15) is 9.90 Å². The van der Waals surface area contributed by atoms with Crippen LogP contribution in [-0.4, -0.2) is 42.9 Å². The van der Waals surface area contributed by atoms with Crippen molar-refractivity contribution in [3.63, 3.8) is 0 Å². The zero-order chi connectivity index (χ0) is 22.7. The first kappa shape index (κ1) is 22.4. The Morgan fingerprint density at radius 1 is 1.19 bits per heavy atom. The van der Waals surface area contributed by atoms with Crippen LogP contribution >= 0.6 is 22.6 Å². The van der Waals surface area contributed by atoms with Crippen molar-refractivity contribution in [1.29, 1.82) is 0 Å². The summed E-state index contributed by atoms with van der Waals surface area (Å²) < 4.78 is 13.6. The van der Waals surface area contributed by atoms with E-state index in [0.29, 0.717) is 29.3 Å². The quantitative estimate of drug-likeness (QED) is 0.237. The summed E-state index contributed by atoms with van der Waals surface area (Å²) in [6.07, 6.45) is -0.204. The van der Waals surface area contributed by atoms with E-state index in [-0.39, 0.29) is 25.7 Å². The molecule has 4 rings (SSSR count). The number of aliphatic hydroxyl groups is 1. The van der Waals surface area contributed by atoms with Crippen LogP contribution in [0.15, 0.2) is 47.3 Å². The van der Waals surface area contributed by atoms with E-state index in [2.05, 4.69) is 37.5 Å². The molecule has 168 valence electrons. The minimum absolute atomic E-state index is 0.0789. The molecule has 4 N–H and O–H groups in total. The maximum Gasteiger partial charge on any atom is 0.331 e. The number of benzene rings is 2. The molecule has 0 aliphatic carbocycles. The number of hydrogen-bond acceptors (Lipinski definition) is 6. The van der Waals surface area contributed by atoms with Gasteiger partial charge in [-0.25, -0.2) is 14.3 Å². The highest BCUT2D eigenvalue weighted by Crippen LogP contribution is 2.31. The van der Waals surface area contributed by atoms with Crippen molar-refractivity contribution in [2.24, 2.45) is 0 Å². The van der Waals surface area contributed by atoms with Gasteiger partial charge >= 0.3 is 5.69 Å². The van der Waals surface area contributed by atoms with Gasteiger partial charge in [-0.1, -0.05) is 6.92 Å². The average molecular weight is 550 g/mol. The number of rotatable bonds is 9. The second-order valence-electron chi connectivity index (χ2n) is 7.11. The fraction of sp³-hybridized carbons (Fsp3) is 0.273. The Hall–Kier alpha value is -2.83. The fourth-order valence-corrected chi connectivity index (χ4v) is 3.93. The number of nitrogens with one attached hydrogen (secondary N) is 2. The zero-order valence-corrected chi connectivity index (χ0v) is 19.5. The molecule has 0 aliphatic heterocycles. The first-order chi connectivity index (χ1) is 15.5. The number of aromatic nitrogens is 4. The third kappa shape index (κ3) is 4.66. The molecule has 32 heavy (non-hydrogen) atoms. The molecule has 0 unspecified atom stereocenters. The Morgan fingerprint density at radius 2 is 1.97 bits per heavy atom. The van der Waals surface area contributed by atoms with Crippen molar-refractivity contribution in [3.05, 3.63) is 62.3 Å². The molecule has 10 heteroatoms. The van der Waals surface area contributed by atoms with Gasteiger partial charge in [0.05, 0.1) is 17.6 Å². The highest BCUT2D eigenvalue weighted by molar-refractivity contribution is 14.1. The summed E-state index contributed by atoms with van der Waals surface area (Å²) in [5.41, 5.74) is 2.20. The summed E-state index contributed by atoms with van der Waals surface area (Å²) in [6.45, 7) is 2.15. The minimum Gasteiger partial charge on any atom is -0.493 e. The van der Waals surface area contributed by atoms with Crippen molar-refractivity contribution in [2.45, 2.75) is 26.2 Å². The summed E-state index contributed by atoms with van der Waals surface area (Å²) in [6, 6.07) is 12.8. The zero-order valence-electron chi connectivity index (χ0n) is 17.3. The monoisotopic (exact) mass is 550 g/mol. The van der Waals surface area contributed by atoms with Gasteiger partial charge < -0.3 is 29.7 Å². The van der Waals surface area contributed by atoms with Crippen LogP contribution in [0.2, 0.25) is 0 Å². The van der Waals surface area contributed by atoms with Crippen molar-refractivity contribution in [1.82, 2.24) is 19.5 Å². The maximum atomic E-state index is 12.6. The number of aromatic amines is 2. The predicted molar refractivity (Wildman–Crippen MR) is 128 cm³/mol. The second kappa shape index (κ2) is 9.76. The van der Waals surface area contributed by atoms with Crippen LogP contribution in [0.25, 0.3) is 22.3 Å². The van der Waals surface area contributed by atoms with Crippen molar-refractivity contribution >= 4 is 33.6 Å². The van der Waals surface area contributed by atoms with Crippen molar-refractivity contribution in [2.75, 3.05) is 13.2 Å². The predicted octanol–water partition coefficient (Wildman–Crippen LogP) is 3.53. The molecular weight excluding hydrogens is 527 g/mol. The summed E-state index contributed by atoms with van der Waals surface area (Å²) in [5, 5.41) is 19.6. The van der Waals surface area contributed by atoms with E-state index in [4.69, 9.17) is 14.6 Å². The molecule has 9 nitrogen and oxygen atoms in total. The molecule has 0 aliphatic rings. The lowest BCUT2D eigenvalue weighted by atomic mass is 10.1. The van der Waals surface area contributed by atoms with Crippen molar-refractivity contribution in [3.8, 4) is 22.9 Å². The normalized spacial score (nSPS) is 12.3. The number of fused-ring (bicyclic) bond motifs is 1. The molecule has 2 aromatic carbocycles. The topological polar surface area (TPSA) is 125 Å². The van der Waals surface area contributed by atoms with Crippen LogP contribution in [0.1, 0.15) is 25.4 Å². The molecule has 0 amide bonds. The van der Waals surface area contributed by atoms with Crippen LogP contribution in [-0.2, 0) is 11.3 Å². The summed E-state index contributed by atoms with van der Waals surface area (Å²) >= 11 is 2.24. The number of imidazole rings is 2. The summed E-state index contributed by atoms with van der Waals surface area (Å²) in [7, 11) is 0. The molecule has 0 bridgehead atoms. The number of aromatic hydroxyl groups is 1. The van der Waals surface area contributed by atoms with Gasteiger partial charge in [0.15, 0.2) is 0 Å². The molecule has 2 heterocycles. The van der Waals surface area contributed by atoms with Crippen LogP contribution in [0.5, 0.6) is 11.6 Å². The largest absolute Gasteiger partial charge is 0.493 e. The standard InChI is InChI=1S/C22H23IN4O5/c1-2-19(32-12-18-24-16-8-5-14(23)11-17(16)25-18)27-21(29)20(26-22(27)30)13-3-6-15(7-4-13)31-10-9-28/h3-8,11,19,28-29H,2,9-10,12H2,1H3,(H,24,25)(H,26,30)/t19-/m1/s1. The van der Waals surface area contributed by atoms with Crippen LogP contribution in [0.4, 0.5) is 0 Å². The van der Waals surface area contributed by atoms with Gasteiger partial charge in [-0.3, -0.25) is 0 Å². The molecule has 0 spiro atoms. The number of hydrogen-bond donors (Lipinski definition) is 4. The van der Waals surface area contributed by atoms with Crippen LogP contribution < -0.4 is 10.4 Å². The second-order valence-corrected chi connectivity index (χ2v) is 8.36. The van der Waals surface area contributed by atoms with Gasteiger partial charge in [0, 0.05) is 9.13 Å². The number of nitrogens with zero attached hydrogens (tertiary/aromatic N) is 2. The lowest BCUT2D eigenvalue weighted by molar-refractivity contribution is -0.0204. The third-order valence-electron chi connectivity index (χ3n) is 4.95. The Balaban J connectivity index is 1.53. The average Bonchev–Trinajstić information content (AvgIpc) is 3.33. The van der Waals surface area contributed by atoms with Gasteiger partial charge in [0.1, 0.15) is 36.7 Å². The molecule has 0 saturated heterocycles. The lowest BCUT2D eigenvalue weighted by Crippen LogP contribution is -2.23. The van der Waals surface area contributed by atoms with E-state index in [1.165, 1.54) is 4.57 Å². The Bertz CT molecular complexity index is 1260. The number of aliphatic hydroxyl groups excluding tert-OH is 1. The molecule has 0 saturated carbocycles. The Kier molecular flexibility index (Phi) is 6.82. The first-order valence-electron chi connectivity index (χ1n) is 10.1. The van der Waals surface area contributed by atoms with Gasteiger partial charge in [-0.15, -0.1) is 0 Å². The summed E-state index contributed by atoms with van der Waals surface area (Å²) in [4.78, 5) is 23.1. The molecule has 1 atom stereocenters. The van der Waals surface area contributed by atoms with Gasteiger partial charge in [0.25, 0.3) is 0 Å². The highest BCUT2D eigenvalue weighted by Gasteiger charge is 2.22. The molecule has 2 aromatic heterocycles. The number of ether oxygens (including phenoxy) is 2. The van der Waals surface area contributed by atoms with Gasteiger partial charge in [-0.2, -0.15) is 0 Å². The first-order valence-corrected chi connectivity index (χ1v) is 11.2. The Labute approximate surface area is 197 Å². The summed E-state index contributed by atoms with van der Waals surface area (Å²) in [5.74, 6) is 1.02. The highest BCUT2D eigenvalue weighted by atomic mass is 127. The molecule has 0 fully saturated rings. The van der Waals surface area contributed by atoms with E-state index in [1.54, 1.807) is 24.3 Å². The number of H-pyrrole nitrogens is 2. The van der Waals surface area contributed by atoms with E-state index in [0.717, 1.165) is 14.6 Å². The Morgan fingerprint density at radius 3 is 2.69 bits per heavy atom. The van der Waals surface area contributed by atoms with Crippen molar-refractivity contribution < 1.29 is 19.7 Å².